The maximum absolute atomic E-state index is 12.8. The first-order valence-electron chi connectivity index (χ1n) is 15.5. The van der Waals surface area contributed by atoms with Crippen molar-refractivity contribution < 1.29 is 43.1 Å². The molecule has 0 bridgehead atoms. The van der Waals surface area contributed by atoms with Gasteiger partial charge < -0.3 is 38.8 Å². The summed E-state index contributed by atoms with van der Waals surface area (Å²) in [7, 11) is 1.23. The standard InChI is InChI=1S/C36H45NO9/c1-36(2,3)46-35(40)37-28(34(39)41-4)20-29-31(38)33(44-23-27-18-12-7-13-19-27)32(43-22-26-16-10-6-11-17-26)30(45-29)24-42-21-25-14-8-5-9-15-25/h5-19,28-33,38H,20-24H2,1-4H3,(H,37,40)/t28?,29?,30-,31+,32?,33-/m1/s1. The van der Waals surface area contributed by atoms with Gasteiger partial charge in [0.15, 0.2) is 0 Å². The Labute approximate surface area is 270 Å². The number of carbonyl (C=O) groups is 2. The molecule has 0 aromatic heterocycles. The molecule has 6 atom stereocenters. The van der Waals surface area contributed by atoms with Crippen molar-refractivity contribution in [2.45, 2.75) is 89.2 Å². The quantitative estimate of drug-likeness (QED) is 0.237. The van der Waals surface area contributed by atoms with E-state index in [2.05, 4.69) is 5.32 Å². The van der Waals surface area contributed by atoms with Crippen molar-refractivity contribution >= 4 is 12.1 Å². The lowest BCUT2D eigenvalue weighted by Gasteiger charge is -2.45. The Bertz CT molecular complexity index is 1330. The number of amides is 1. The largest absolute Gasteiger partial charge is 0.467 e. The molecule has 1 aliphatic heterocycles. The van der Waals surface area contributed by atoms with E-state index in [0.29, 0.717) is 6.61 Å². The zero-order valence-corrected chi connectivity index (χ0v) is 26.9. The number of aliphatic hydroxyl groups excluding tert-OH is 1. The number of nitrogens with one attached hydrogen (secondary N) is 1. The van der Waals surface area contributed by atoms with Crippen LogP contribution in [0.25, 0.3) is 0 Å². The van der Waals surface area contributed by atoms with Crippen molar-refractivity contribution in [2.75, 3.05) is 13.7 Å². The highest BCUT2D eigenvalue weighted by Crippen LogP contribution is 2.31. The van der Waals surface area contributed by atoms with E-state index in [1.165, 1.54) is 7.11 Å². The summed E-state index contributed by atoms with van der Waals surface area (Å²) in [5, 5.41) is 14.3. The molecule has 0 saturated carbocycles. The van der Waals surface area contributed by atoms with Crippen LogP contribution in [0, 0.1) is 0 Å². The van der Waals surface area contributed by atoms with E-state index in [1.807, 2.05) is 91.0 Å². The van der Waals surface area contributed by atoms with Crippen LogP contribution < -0.4 is 5.32 Å². The minimum Gasteiger partial charge on any atom is -0.467 e. The molecule has 1 heterocycles. The summed E-state index contributed by atoms with van der Waals surface area (Å²) in [6.07, 6.45) is -5.39. The SMILES string of the molecule is COC(=O)C(CC1O[C@H](COCc2ccccc2)C(OCc2ccccc2)[C@H](OCc2ccccc2)[C@H]1O)NC(=O)OC(C)(C)C. The van der Waals surface area contributed by atoms with E-state index in [9.17, 15) is 14.7 Å². The van der Waals surface area contributed by atoms with Crippen LogP contribution in [0.1, 0.15) is 43.9 Å². The van der Waals surface area contributed by atoms with Gasteiger partial charge in [-0.05, 0) is 37.5 Å². The number of carbonyl (C=O) groups excluding carboxylic acids is 2. The summed E-state index contributed by atoms with van der Waals surface area (Å²) in [4.78, 5) is 25.4. The van der Waals surface area contributed by atoms with E-state index >= 15 is 0 Å². The fraction of sp³-hybridized carbons (Fsp3) is 0.444. The van der Waals surface area contributed by atoms with Crippen molar-refractivity contribution in [1.29, 1.82) is 0 Å². The number of rotatable bonds is 14. The minimum absolute atomic E-state index is 0.112. The molecule has 3 aromatic carbocycles. The van der Waals surface area contributed by atoms with Crippen LogP contribution in [0.2, 0.25) is 0 Å². The molecule has 1 aliphatic rings. The van der Waals surface area contributed by atoms with Gasteiger partial charge >= 0.3 is 12.1 Å². The van der Waals surface area contributed by atoms with Crippen molar-refractivity contribution in [2.24, 2.45) is 0 Å². The van der Waals surface area contributed by atoms with Crippen LogP contribution in [0.4, 0.5) is 4.79 Å². The first kappa shape index (κ1) is 35.1. The highest BCUT2D eigenvalue weighted by atomic mass is 16.6. The summed E-state index contributed by atoms with van der Waals surface area (Å²) < 4.78 is 35.7. The van der Waals surface area contributed by atoms with Gasteiger partial charge in [-0.2, -0.15) is 0 Å². The number of hydrogen-bond acceptors (Lipinski definition) is 9. The minimum atomic E-state index is -1.23. The van der Waals surface area contributed by atoms with Gasteiger partial charge in [-0.25, -0.2) is 9.59 Å². The van der Waals surface area contributed by atoms with E-state index in [1.54, 1.807) is 20.8 Å². The van der Waals surface area contributed by atoms with Gasteiger partial charge in [0, 0.05) is 6.42 Å². The molecular weight excluding hydrogens is 590 g/mol. The van der Waals surface area contributed by atoms with Crippen LogP contribution in [0.3, 0.4) is 0 Å². The summed E-state index contributed by atoms with van der Waals surface area (Å²) in [6.45, 7) is 6.06. The van der Waals surface area contributed by atoms with Gasteiger partial charge in [0.25, 0.3) is 0 Å². The second-order valence-electron chi connectivity index (χ2n) is 12.2. The fourth-order valence-corrected chi connectivity index (χ4v) is 5.16. The average Bonchev–Trinajstić information content (AvgIpc) is 3.04. The topological polar surface area (TPSA) is 122 Å². The monoisotopic (exact) mass is 635 g/mol. The van der Waals surface area contributed by atoms with Gasteiger partial charge in [-0.3, -0.25) is 0 Å². The molecule has 248 valence electrons. The second-order valence-corrected chi connectivity index (χ2v) is 12.2. The maximum atomic E-state index is 12.8. The third-order valence-electron chi connectivity index (χ3n) is 7.37. The molecule has 3 aromatic rings. The third kappa shape index (κ3) is 10.9. The number of benzene rings is 3. The van der Waals surface area contributed by atoms with Crippen LogP contribution >= 0.6 is 0 Å². The number of esters is 1. The summed E-state index contributed by atoms with van der Waals surface area (Å²) in [5.41, 5.74) is 2.06. The molecule has 1 fully saturated rings. The van der Waals surface area contributed by atoms with Crippen LogP contribution in [0.5, 0.6) is 0 Å². The first-order chi connectivity index (χ1) is 22.1. The number of hydrogen-bond donors (Lipinski definition) is 2. The second kappa shape index (κ2) is 17.2. The number of aliphatic hydroxyl groups is 1. The van der Waals surface area contributed by atoms with Gasteiger partial charge in [0.05, 0.1) is 39.6 Å². The summed E-state index contributed by atoms with van der Waals surface area (Å²) in [5.74, 6) is -0.706. The molecule has 2 N–H and O–H groups in total. The molecule has 10 heteroatoms. The van der Waals surface area contributed by atoms with Crippen LogP contribution in [-0.2, 0) is 53.0 Å². The van der Waals surface area contributed by atoms with E-state index in [0.717, 1.165) is 16.7 Å². The molecule has 0 aliphatic carbocycles. The lowest BCUT2D eigenvalue weighted by molar-refractivity contribution is -0.262. The molecular formula is C36H45NO9. The summed E-state index contributed by atoms with van der Waals surface area (Å²) in [6, 6.07) is 27.9. The number of methoxy groups -OCH3 is 1. The molecule has 3 unspecified atom stereocenters. The Morgan fingerprint density at radius 3 is 1.78 bits per heavy atom. The third-order valence-corrected chi connectivity index (χ3v) is 7.37. The van der Waals surface area contributed by atoms with Crippen molar-refractivity contribution in [3.05, 3.63) is 108 Å². The lowest BCUT2D eigenvalue weighted by Crippen LogP contribution is -2.61. The molecule has 0 spiro atoms. The molecule has 10 nitrogen and oxygen atoms in total. The molecule has 1 amide bonds. The predicted octanol–water partition coefficient (Wildman–Crippen LogP) is 4.96. The Hall–Kier alpha value is -3.80. The highest BCUT2D eigenvalue weighted by molar-refractivity contribution is 5.81. The van der Waals surface area contributed by atoms with Gasteiger partial charge in [-0.1, -0.05) is 91.0 Å². The van der Waals surface area contributed by atoms with Gasteiger partial charge in [0.1, 0.15) is 36.1 Å². The Balaban J connectivity index is 1.59. The normalized spacial score (nSPS) is 22.1. The van der Waals surface area contributed by atoms with Gasteiger partial charge in [-0.15, -0.1) is 0 Å². The van der Waals surface area contributed by atoms with Crippen molar-refractivity contribution in [3.8, 4) is 0 Å². The zero-order valence-electron chi connectivity index (χ0n) is 26.9. The van der Waals surface area contributed by atoms with Crippen molar-refractivity contribution in [1.82, 2.24) is 5.32 Å². The predicted molar refractivity (Wildman–Crippen MR) is 171 cm³/mol. The Morgan fingerprint density at radius 1 is 0.783 bits per heavy atom. The van der Waals surface area contributed by atoms with E-state index < -0.39 is 54.2 Å². The highest BCUT2D eigenvalue weighted by Gasteiger charge is 2.48. The Kier molecular flexibility index (Phi) is 13.1. The smallest absolute Gasteiger partial charge is 0.408 e. The van der Waals surface area contributed by atoms with Gasteiger partial charge in [0.2, 0.25) is 0 Å². The number of alkyl carbamates (subject to hydrolysis) is 1. The molecule has 0 radical (unpaired) electrons. The molecule has 46 heavy (non-hydrogen) atoms. The first-order valence-corrected chi connectivity index (χ1v) is 15.5. The van der Waals surface area contributed by atoms with Crippen LogP contribution in [-0.4, -0.2) is 73.0 Å². The van der Waals surface area contributed by atoms with Crippen molar-refractivity contribution in [3.63, 3.8) is 0 Å². The molecule has 4 rings (SSSR count). The average molecular weight is 636 g/mol. The zero-order chi connectivity index (χ0) is 32.9. The number of ether oxygens (including phenoxy) is 6. The lowest BCUT2D eigenvalue weighted by atomic mass is 9.91. The summed E-state index contributed by atoms with van der Waals surface area (Å²) >= 11 is 0. The Morgan fingerprint density at radius 2 is 1.28 bits per heavy atom. The fourth-order valence-electron chi connectivity index (χ4n) is 5.16. The van der Waals surface area contributed by atoms with E-state index in [-0.39, 0.29) is 26.2 Å². The van der Waals surface area contributed by atoms with E-state index in [4.69, 9.17) is 28.4 Å². The maximum Gasteiger partial charge on any atom is 0.408 e. The molecule has 1 saturated heterocycles. The van der Waals surface area contributed by atoms with Crippen LogP contribution in [0.15, 0.2) is 91.0 Å².